The van der Waals surface area contributed by atoms with Crippen LogP contribution in [0, 0.1) is 0 Å². The smallest absolute Gasteiger partial charge is 0.262 e. The molecule has 0 fully saturated rings. The van der Waals surface area contributed by atoms with Crippen molar-refractivity contribution in [1.29, 1.82) is 0 Å². The molecule has 38 heavy (non-hydrogen) atoms. The van der Waals surface area contributed by atoms with Gasteiger partial charge < -0.3 is 14.8 Å². The molecule has 0 aliphatic carbocycles. The van der Waals surface area contributed by atoms with E-state index in [4.69, 9.17) is 26.2 Å². The molecule has 0 saturated carbocycles. The summed E-state index contributed by atoms with van der Waals surface area (Å²) in [6, 6.07) is 22.0. The third-order valence-electron chi connectivity index (χ3n) is 6.24. The van der Waals surface area contributed by atoms with E-state index in [1.807, 2.05) is 60.7 Å². The van der Waals surface area contributed by atoms with Crippen molar-refractivity contribution in [2.24, 2.45) is 10.1 Å². The summed E-state index contributed by atoms with van der Waals surface area (Å²) in [5.74, 6) is 0.733. The van der Waals surface area contributed by atoms with Gasteiger partial charge in [-0.05, 0) is 48.0 Å². The number of hydrogen-bond acceptors (Lipinski definition) is 7. The molecule has 2 heterocycles. The predicted molar refractivity (Wildman–Crippen MR) is 150 cm³/mol. The van der Waals surface area contributed by atoms with Crippen LogP contribution >= 0.6 is 23.4 Å². The maximum absolute atomic E-state index is 12.8. The van der Waals surface area contributed by atoms with Gasteiger partial charge in [0, 0.05) is 29.1 Å². The normalized spacial score (nSPS) is 18.7. The van der Waals surface area contributed by atoms with Gasteiger partial charge in [0.25, 0.3) is 5.91 Å². The van der Waals surface area contributed by atoms with E-state index in [0.29, 0.717) is 33.8 Å². The van der Waals surface area contributed by atoms with E-state index in [1.54, 1.807) is 31.4 Å². The SMILES string of the molecule is COc1ccc(OC)c(C2=NN(C3=NC(=O)C(CC(=O)Nc4ccccc4)S3)C(c3ccc(Cl)cc3)C2)c1. The predicted octanol–water partition coefficient (Wildman–Crippen LogP) is 5.54. The van der Waals surface area contributed by atoms with Crippen LogP contribution in [0.3, 0.4) is 0 Å². The molecule has 0 radical (unpaired) electrons. The summed E-state index contributed by atoms with van der Waals surface area (Å²) in [5, 5.41) is 9.93. The Labute approximate surface area is 229 Å². The summed E-state index contributed by atoms with van der Waals surface area (Å²) in [7, 11) is 3.21. The fourth-order valence-corrected chi connectivity index (χ4v) is 5.53. The van der Waals surface area contributed by atoms with E-state index in [9.17, 15) is 9.59 Å². The van der Waals surface area contributed by atoms with Gasteiger partial charge in [-0.15, -0.1) is 0 Å². The number of halogens is 1. The van der Waals surface area contributed by atoms with Gasteiger partial charge in [-0.3, -0.25) is 9.59 Å². The molecular weight excluding hydrogens is 524 g/mol. The van der Waals surface area contributed by atoms with E-state index >= 15 is 0 Å². The van der Waals surface area contributed by atoms with Gasteiger partial charge >= 0.3 is 0 Å². The zero-order valence-electron chi connectivity index (χ0n) is 20.8. The first-order valence-corrected chi connectivity index (χ1v) is 13.2. The van der Waals surface area contributed by atoms with Crippen molar-refractivity contribution in [3.05, 3.63) is 88.9 Å². The van der Waals surface area contributed by atoms with E-state index in [1.165, 1.54) is 11.8 Å². The van der Waals surface area contributed by atoms with Crippen molar-refractivity contribution in [2.45, 2.75) is 24.1 Å². The number of benzene rings is 3. The van der Waals surface area contributed by atoms with Crippen LogP contribution in [0.25, 0.3) is 0 Å². The van der Waals surface area contributed by atoms with E-state index in [2.05, 4.69) is 10.3 Å². The third kappa shape index (κ3) is 5.54. The lowest BCUT2D eigenvalue weighted by molar-refractivity contribution is -0.121. The van der Waals surface area contributed by atoms with Crippen LogP contribution in [0.2, 0.25) is 5.02 Å². The van der Waals surface area contributed by atoms with E-state index in [0.717, 1.165) is 16.8 Å². The Hall–Kier alpha value is -3.82. The molecular formula is C28H25ClN4O4S. The summed E-state index contributed by atoms with van der Waals surface area (Å²) in [6.07, 6.45) is 0.545. The largest absolute Gasteiger partial charge is 0.497 e. The Morgan fingerprint density at radius 1 is 1.08 bits per heavy atom. The maximum atomic E-state index is 12.8. The average molecular weight is 549 g/mol. The van der Waals surface area contributed by atoms with Crippen LogP contribution in [0.1, 0.15) is 30.0 Å². The fraction of sp³-hybridized carbons (Fsp3) is 0.214. The Balaban J connectivity index is 1.41. The van der Waals surface area contributed by atoms with Gasteiger partial charge in [-0.1, -0.05) is 53.7 Å². The molecule has 194 valence electrons. The first-order chi connectivity index (χ1) is 18.4. The number of anilines is 1. The molecule has 0 saturated heterocycles. The second kappa shape index (κ2) is 11.3. The lowest BCUT2D eigenvalue weighted by atomic mass is 9.98. The van der Waals surface area contributed by atoms with Crippen molar-refractivity contribution < 1.29 is 19.1 Å². The molecule has 3 aromatic carbocycles. The summed E-state index contributed by atoms with van der Waals surface area (Å²) >= 11 is 7.39. The zero-order chi connectivity index (χ0) is 26.6. The van der Waals surface area contributed by atoms with Gasteiger partial charge in [0.1, 0.15) is 16.7 Å². The number of nitrogens with one attached hydrogen (secondary N) is 1. The monoisotopic (exact) mass is 548 g/mol. The second-order valence-electron chi connectivity index (χ2n) is 8.69. The van der Waals surface area contributed by atoms with Crippen LogP contribution in [0.5, 0.6) is 11.5 Å². The first-order valence-electron chi connectivity index (χ1n) is 11.9. The zero-order valence-corrected chi connectivity index (χ0v) is 22.3. The molecule has 3 aromatic rings. The van der Waals surface area contributed by atoms with Crippen molar-refractivity contribution >= 4 is 51.7 Å². The molecule has 2 amide bonds. The number of methoxy groups -OCH3 is 2. The molecule has 0 aromatic heterocycles. The van der Waals surface area contributed by atoms with Crippen LogP contribution in [0.15, 0.2) is 82.9 Å². The minimum Gasteiger partial charge on any atom is -0.497 e. The molecule has 1 N–H and O–H groups in total. The average Bonchev–Trinajstić information content (AvgIpc) is 3.53. The lowest BCUT2D eigenvalue weighted by Gasteiger charge is -2.23. The summed E-state index contributed by atoms with van der Waals surface area (Å²) in [6.45, 7) is 0. The number of carbonyl (C=O) groups is 2. The summed E-state index contributed by atoms with van der Waals surface area (Å²) < 4.78 is 11.0. The van der Waals surface area contributed by atoms with Gasteiger partial charge in [0.05, 0.1) is 26.0 Å². The molecule has 0 spiro atoms. The number of carbonyl (C=O) groups excluding carboxylic acids is 2. The number of rotatable bonds is 7. The van der Waals surface area contributed by atoms with Gasteiger partial charge in [0.2, 0.25) is 5.91 Å². The highest BCUT2D eigenvalue weighted by Crippen LogP contribution is 2.40. The third-order valence-corrected chi connectivity index (χ3v) is 7.63. The quantitative estimate of drug-likeness (QED) is 0.417. The number of amidine groups is 1. The van der Waals surface area contributed by atoms with Crippen molar-refractivity contribution in [3.63, 3.8) is 0 Å². The van der Waals surface area contributed by atoms with Crippen LogP contribution < -0.4 is 14.8 Å². The Bertz CT molecular complexity index is 1410. The molecule has 5 rings (SSSR count). The molecule has 0 bridgehead atoms. The molecule has 2 atom stereocenters. The first kappa shape index (κ1) is 25.8. The van der Waals surface area contributed by atoms with Gasteiger partial charge in [0.15, 0.2) is 5.17 Å². The van der Waals surface area contributed by atoms with Gasteiger partial charge in [-0.2, -0.15) is 10.1 Å². The second-order valence-corrected chi connectivity index (χ2v) is 10.3. The van der Waals surface area contributed by atoms with Crippen molar-refractivity contribution in [2.75, 3.05) is 19.5 Å². The number of hydrazone groups is 1. The number of thioether (sulfide) groups is 1. The van der Waals surface area contributed by atoms with Crippen LogP contribution in [-0.4, -0.2) is 47.2 Å². The molecule has 10 heteroatoms. The Kier molecular flexibility index (Phi) is 7.67. The lowest BCUT2D eigenvalue weighted by Crippen LogP contribution is -2.25. The maximum Gasteiger partial charge on any atom is 0.262 e. The number of para-hydroxylation sites is 1. The van der Waals surface area contributed by atoms with Gasteiger partial charge in [-0.25, -0.2) is 5.01 Å². The fourth-order valence-electron chi connectivity index (χ4n) is 4.34. The minimum atomic E-state index is -0.634. The van der Waals surface area contributed by atoms with E-state index < -0.39 is 5.25 Å². The Morgan fingerprint density at radius 3 is 2.55 bits per heavy atom. The highest BCUT2D eigenvalue weighted by atomic mass is 35.5. The van der Waals surface area contributed by atoms with Crippen molar-refractivity contribution in [3.8, 4) is 11.5 Å². The highest BCUT2D eigenvalue weighted by Gasteiger charge is 2.39. The summed E-state index contributed by atoms with van der Waals surface area (Å²) in [5.41, 5.74) is 3.21. The standard InChI is InChI=1S/C28H25ClN4O4S/c1-36-20-12-13-24(37-2)21(14-20)22-15-23(17-8-10-18(29)11-9-17)33(32-22)28-31-27(35)25(38-28)16-26(34)30-19-6-4-3-5-7-19/h3-14,23,25H,15-16H2,1-2H3,(H,30,34). The molecule has 8 nitrogen and oxygen atoms in total. The number of amides is 2. The Morgan fingerprint density at radius 2 is 1.84 bits per heavy atom. The summed E-state index contributed by atoms with van der Waals surface area (Å²) in [4.78, 5) is 29.8. The minimum absolute atomic E-state index is 0.00508. The highest BCUT2D eigenvalue weighted by molar-refractivity contribution is 8.15. The molecule has 2 aliphatic heterocycles. The molecule has 2 unspecified atom stereocenters. The number of hydrogen-bond donors (Lipinski definition) is 1. The van der Waals surface area contributed by atoms with E-state index in [-0.39, 0.29) is 24.3 Å². The topological polar surface area (TPSA) is 92.6 Å². The van der Waals surface area contributed by atoms with Crippen LogP contribution in [0.4, 0.5) is 5.69 Å². The number of nitrogens with zero attached hydrogens (tertiary/aromatic N) is 3. The van der Waals surface area contributed by atoms with Crippen LogP contribution in [-0.2, 0) is 9.59 Å². The number of aliphatic imine (C=N–C) groups is 1. The van der Waals surface area contributed by atoms with Crippen molar-refractivity contribution in [1.82, 2.24) is 5.01 Å². The molecule has 2 aliphatic rings. The number of ether oxygens (including phenoxy) is 2.